The molecule has 1 N–H and O–H groups in total. The topological polar surface area (TPSA) is 85.1 Å². The molecule has 1 amide bonds. The van der Waals surface area contributed by atoms with Crippen LogP contribution in [0.15, 0.2) is 35.7 Å². The van der Waals surface area contributed by atoms with Gasteiger partial charge in [0.15, 0.2) is 5.65 Å². The zero-order chi connectivity index (χ0) is 19.7. The number of aromatic nitrogens is 5. The van der Waals surface area contributed by atoms with Crippen molar-refractivity contribution in [2.45, 2.75) is 33.6 Å². The maximum Gasteiger partial charge on any atom is 0.224 e. The van der Waals surface area contributed by atoms with Gasteiger partial charge in [-0.1, -0.05) is 16.6 Å². The molecule has 0 radical (unpaired) electrons. The van der Waals surface area contributed by atoms with Crippen LogP contribution in [0.1, 0.15) is 29.1 Å². The highest BCUT2D eigenvalue weighted by Crippen LogP contribution is 2.21. The predicted molar refractivity (Wildman–Crippen MR) is 109 cm³/mol. The van der Waals surface area contributed by atoms with Gasteiger partial charge in [0.25, 0.3) is 0 Å². The molecule has 0 bridgehead atoms. The fourth-order valence-electron chi connectivity index (χ4n) is 3.28. The average Bonchev–Trinajstić information content (AvgIpc) is 3.32. The summed E-state index contributed by atoms with van der Waals surface area (Å²) in [4.78, 5) is 17.0. The Kier molecular flexibility index (Phi) is 4.87. The number of hydrogen-bond acceptors (Lipinski definition) is 6. The van der Waals surface area contributed by atoms with Gasteiger partial charge >= 0.3 is 0 Å². The molecule has 0 saturated heterocycles. The normalized spacial score (nSPS) is 11.1. The Morgan fingerprint density at radius 1 is 1.18 bits per heavy atom. The van der Waals surface area contributed by atoms with E-state index in [1.807, 2.05) is 61.0 Å². The Labute approximate surface area is 166 Å². The number of hydrogen-bond donors (Lipinski definition) is 1. The van der Waals surface area contributed by atoms with Crippen molar-refractivity contribution >= 4 is 28.8 Å². The molecule has 7 nitrogen and oxygen atoms in total. The van der Waals surface area contributed by atoms with Gasteiger partial charge in [-0.2, -0.15) is 5.10 Å². The SMILES string of the molecule is Cc1cc2nc(C)c(CCC(=O)Nc3ccc(-c4csnn4)cc3)c(C)n2n1. The van der Waals surface area contributed by atoms with Crippen LogP contribution in [-0.4, -0.2) is 30.1 Å². The first-order valence-corrected chi connectivity index (χ1v) is 9.85. The van der Waals surface area contributed by atoms with Crippen molar-refractivity contribution in [3.8, 4) is 11.3 Å². The van der Waals surface area contributed by atoms with E-state index in [1.165, 1.54) is 11.5 Å². The number of rotatable bonds is 5. The molecule has 1 aromatic carbocycles. The van der Waals surface area contributed by atoms with Crippen LogP contribution in [0.3, 0.4) is 0 Å². The summed E-state index contributed by atoms with van der Waals surface area (Å²) >= 11 is 1.32. The van der Waals surface area contributed by atoms with E-state index in [4.69, 9.17) is 0 Å². The first kappa shape index (κ1) is 18.2. The third kappa shape index (κ3) is 3.63. The molecule has 0 unspecified atom stereocenters. The van der Waals surface area contributed by atoms with Crippen LogP contribution in [0, 0.1) is 20.8 Å². The van der Waals surface area contributed by atoms with E-state index < -0.39 is 0 Å². The summed E-state index contributed by atoms with van der Waals surface area (Å²) in [6.45, 7) is 5.95. The average molecular weight is 392 g/mol. The molecular formula is C20H20N6OS. The molecule has 28 heavy (non-hydrogen) atoms. The Hall–Kier alpha value is -3.13. The number of benzene rings is 1. The number of amides is 1. The maximum atomic E-state index is 12.4. The van der Waals surface area contributed by atoms with E-state index in [9.17, 15) is 4.79 Å². The van der Waals surface area contributed by atoms with Crippen LogP contribution in [0.25, 0.3) is 16.9 Å². The van der Waals surface area contributed by atoms with Crippen molar-refractivity contribution in [1.82, 2.24) is 24.2 Å². The quantitative estimate of drug-likeness (QED) is 0.559. The van der Waals surface area contributed by atoms with E-state index in [0.29, 0.717) is 12.8 Å². The van der Waals surface area contributed by atoms with Gasteiger partial charge in [0.1, 0.15) is 5.69 Å². The Morgan fingerprint density at radius 3 is 2.68 bits per heavy atom. The molecule has 0 atom stereocenters. The second-order valence-electron chi connectivity index (χ2n) is 6.73. The van der Waals surface area contributed by atoms with Crippen LogP contribution in [0.4, 0.5) is 5.69 Å². The van der Waals surface area contributed by atoms with E-state index in [-0.39, 0.29) is 5.91 Å². The summed E-state index contributed by atoms with van der Waals surface area (Å²) < 4.78 is 5.72. The summed E-state index contributed by atoms with van der Waals surface area (Å²) in [5, 5.41) is 13.4. The number of fused-ring (bicyclic) bond motifs is 1. The fraction of sp³-hybridized carbons (Fsp3) is 0.250. The minimum absolute atomic E-state index is 0.0291. The third-order valence-electron chi connectivity index (χ3n) is 4.71. The van der Waals surface area contributed by atoms with Gasteiger partial charge in [-0.25, -0.2) is 9.50 Å². The number of aryl methyl sites for hydroxylation is 3. The maximum absolute atomic E-state index is 12.4. The van der Waals surface area contributed by atoms with Crippen molar-refractivity contribution in [1.29, 1.82) is 0 Å². The molecule has 3 heterocycles. The predicted octanol–water partition coefficient (Wildman–Crippen LogP) is 3.74. The molecule has 0 spiro atoms. The Bertz CT molecular complexity index is 1130. The first-order valence-electron chi connectivity index (χ1n) is 9.01. The van der Waals surface area contributed by atoms with Crippen LogP contribution < -0.4 is 5.32 Å². The van der Waals surface area contributed by atoms with Crippen LogP contribution in [0.5, 0.6) is 0 Å². The molecule has 0 fully saturated rings. The second-order valence-corrected chi connectivity index (χ2v) is 7.34. The van der Waals surface area contributed by atoms with Gasteiger partial charge in [0.2, 0.25) is 5.91 Å². The molecule has 0 saturated carbocycles. The summed E-state index contributed by atoms with van der Waals surface area (Å²) in [5.74, 6) is -0.0291. The Morgan fingerprint density at radius 2 is 1.96 bits per heavy atom. The number of carbonyl (C=O) groups excluding carboxylic acids is 1. The molecule has 8 heteroatoms. The lowest BCUT2D eigenvalue weighted by Crippen LogP contribution is -2.14. The van der Waals surface area contributed by atoms with Gasteiger partial charge in [0, 0.05) is 40.5 Å². The summed E-state index contributed by atoms with van der Waals surface area (Å²) in [5.41, 5.74) is 7.40. The smallest absolute Gasteiger partial charge is 0.224 e. The molecular weight excluding hydrogens is 372 g/mol. The van der Waals surface area contributed by atoms with Crippen molar-refractivity contribution in [2.24, 2.45) is 0 Å². The third-order valence-corrected chi connectivity index (χ3v) is 5.22. The van der Waals surface area contributed by atoms with Crippen molar-refractivity contribution < 1.29 is 4.79 Å². The number of carbonyl (C=O) groups is 1. The van der Waals surface area contributed by atoms with Crippen molar-refractivity contribution in [3.63, 3.8) is 0 Å². The number of nitrogens with one attached hydrogen (secondary N) is 1. The van der Waals surface area contributed by atoms with E-state index in [0.717, 1.165) is 45.2 Å². The van der Waals surface area contributed by atoms with E-state index in [2.05, 4.69) is 25.0 Å². The fourth-order valence-corrected chi connectivity index (χ4v) is 3.75. The molecule has 4 aromatic rings. The molecule has 0 aliphatic carbocycles. The van der Waals surface area contributed by atoms with Gasteiger partial charge in [-0.15, -0.1) is 5.10 Å². The highest BCUT2D eigenvalue weighted by atomic mass is 32.1. The van der Waals surface area contributed by atoms with Crippen molar-refractivity contribution in [3.05, 3.63) is 58.4 Å². The number of nitrogens with zero attached hydrogens (tertiary/aromatic N) is 5. The molecule has 4 rings (SSSR count). The largest absolute Gasteiger partial charge is 0.326 e. The zero-order valence-corrected chi connectivity index (χ0v) is 16.7. The Balaban J connectivity index is 1.43. The van der Waals surface area contributed by atoms with Gasteiger partial charge < -0.3 is 5.32 Å². The lowest BCUT2D eigenvalue weighted by molar-refractivity contribution is -0.116. The van der Waals surface area contributed by atoms with Gasteiger partial charge in [-0.3, -0.25) is 4.79 Å². The minimum atomic E-state index is -0.0291. The highest BCUT2D eigenvalue weighted by Gasteiger charge is 2.13. The van der Waals surface area contributed by atoms with Crippen LogP contribution in [-0.2, 0) is 11.2 Å². The summed E-state index contributed by atoms with van der Waals surface area (Å²) in [6, 6.07) is 9.57. The zero-order valence-electron chi connectivity index (χ0n) is 15.9. The molecule has 142 valence electrons. The minimum Gasteiger partial charge on any atom is -0.326 e. The van der Waals surface area contributed by atoms with Crippen molar-refractivity contribution in [2.75, 3.05) is 5.32 Å². The van der Waals surface area contributed by atoms with E-state index in [1.54, 1.807) is 0 Å². The first-order chi connectivity index (χ1) is 13.5. The lowest BCUT2D eigenvalue weighted by Gasteiger charge is -2.11. The standard InChI is InChI=1S/C20H20N6OS/c1-12-10-19-21-13(2)17(14(3)26(19)24-12)8-9-20(27)22-16-6-4-15(5-7-16)18-11-28-25-23-18/h4-7,10-11H,8-9H2,1-3H3,(H,22,27). The van der Waals surface area contributed by atoms with E-state index >= 15 is 0 Å². The molecule has 0 aliphatic rings. The summed E-state index contributed by atoms with van der Waals surface area (Å²) in [7, 11) is 0. The van der Waals surface area contributed by atoms with Crippen LogP contribution in [0.2, 0.25) is 0 Å². The van der Waals surface area contributed by atoms with Crippen LogP contribution >= 0.6 is 11.5 Å². The molecule has 3 aromatic heterocycles. The lowest BCUT2D eigenvalue weighted by atomic mass is 10.1. The summed E-state index contributed by atoms with van der Waals surface area (Å²) in [6.07, 6.45) is 1.00. The van der Waals surface area contributed by atoms with Gasteiger partial charge in [0.05, 0.1) is 5.69 Å². The number of anilines is 1. The van der Waals surface area contributed by atoms with Gasteiger partial charge in [-0.05, 0) is 56.4 Å². The highest BCUT2D eigenvalue weighted by molar-refractivity contribution is 7.03. The second kappa shape index (κ2) is 7.47. The molecule has 0 aliphatic heterocycles. The monoisotopic (exact) mass is 392 g/mol.